The van der Waals surface area contributed by atoms with E-state index in [1.807, 2.05) is 26.0 Å². The lowest BCUT2D eigenvalue weighted by atomic mass is 10.1. The first-order chi connectivity index (χ1) is 12.2. The van der Waals surface area contributed by atoms with E-state index in [9.17, 15) is 13.2 Å². The zero-order chi connectivity index (χ0) is 18.9. The van der Waals surface area contributed by atoms with Gasteiger partial charge in [0.2, 0.25) is 5.89 Å². The first kappa shape index (κ1) is 17.8. The number of anilines is 1. The van der Waals surface area contributed by atoms with Crippen LogP contribution in [0.2, 0.25) is 0 Å². The molecule has 2 aromatic carbocycles. The van der Waals surface area contributed by atoms with Crippen molar-refractivity contribution >= 4 is 21.8 Å². The van der Waals surface area contributed by atoms with Crippen LogP contribution in [0, 0.1) is 13.8 Å². The van der Waals surface area contributed by atoms with Gasteiger partial charge in [-0.1, -0.05) is 22.8 Å². The number of sulfone groups is 1. The predicted octanol–water partition coefficient (Wildman–Crippen LogP) is 3.01. The van der Waals surface area contributed by atoms with Gasteiger partial charge in [-0.15, -0.1) is 5.10 Å². The molecule has 134 valence electrons. The molecule has 0 fully saturated rings. The minimum atomic E-state index is -3.27. The summed E-state index contributed by atoms with van der Waals surface area (Å²) in [4.78, 5) is 12.5. The summed E-state index contributed by atoms with van der Waals surface area (Å²) in [6, 6.07) is 11.5. The number of benzene rings is 2. The zero-order valence-electron chi connectivity index (χ0n) is 14.5. The molecule has 1 N–H and O–H groups in total. The Kier molecular flexibility index (Phi) is 4.60. The standard InChI is InChI=1S/C18H17N3O4S/c1-11-4-9-15(12(2)10-11)16(22)19-18-21-20-17(25-18)13-5-7-14(8-6-13)26(3,23)24/h4-10H,1-3H3,(H,19,21,22). The van der Waals surface area contributed by atoms with Crippen LogP contribution in [0.1, 0.15) is 21.5 Å². The van der Waals surface area contributed by atoms with Gasteiger partial charge in [-0.2, -0.15) is 0 Å². The van der Waals surface area contributed by atoms with E-state index in [1.165, 1.54) is 12.1 Å². The third kappa shape index (κ3) is 3.80. The molecule has 0 aliphatic heterocycles. The second kappa shape index (κ2) is 6.72. The average molecular weight is 371 g/mol. The zero-order valence-corrected chi connectivity index (χ0v) is 15.3. The summed E-state index contributed by atoms with van der Waals surface area (Å²) >= 11 is 0. The molecule has 0 spiro atoms. The van der Waals surface area contributed by atoms with Crippen LogP contribution in [0.5, 0.6) is 0 Å². The van der Waals surface area contributed by atoms with E-state index in [0.717, 1.165) is 17.4 Å². The summed E-state index contributed by atoms with van der Waals surface area (Å²) in [5.74, 6) is -0.161. The van der Waals surface area contributed by atoms with Crippen molar-refractivity contribution in [3.63, 3.8) is 0 Å². The van der Waals surface area contributed by atoms with Gasteiger partial charge in [0, 0.05) is 17.4 Å². The number of aromatic nitrogens is 2. The molecule has 1 aromatic heterocycles. The number of aryl methyl sites for hydroxylation is 2. The van der Waals surface area contributed by atoms with Gasteiger partial charge in [-0.25, -0.2) is 8.42 Å². The van der Waals surface area contributed by atoms with Crippen LogP contribution in [0.15, 0.2) is 51.8 Å². The Morgan fingerprint density at radius 1 is 1.04 bits per heavy atom. The number of carbonyl (C=O) groups is 1. The molecule has 0 atom stereocenters. The van der Waals surface area contributed by atoms with Gasteiger partial charge in [0.25, 0.3) is 5.91 Å². The predicted molar refractivity (Wildman–Crippen MR) is 96.7 cm³/mol. The molecule has 3 rings (SSSR count). The first-order valence-electron chi connectivity index (χ1n) is 7.76. The highest BCUT2D eigenvalue weighted by Crippen LogP contribution is 2.22. The van der Waals surface area contributed by atoms with Crippen molar-refractivity contribution in [1.82, 2.24) is 10.2 Å². The molecule has 0 radical (unpaired) electrons. The van der Waals surface area contributed by atoms with Crippen molar-refractivity contribution in [2.45, 2.75) is 18.7 Å². The quantitative estimate of drug-likeness (QED) is 0.756. The SMILES string of the molecule is Cc1ccc(C(=O)Nc2nnc(-c3ccc(S(C)(=O)=O)cc3)o2)c(C)c1. The van der Waals surface area contributed by atoms with E-state index in [2.05, 4.69) is 15.5 Å². The fourth-order valence-electron chi connectivity index (χ4n) is 2.47. The summed E-state index contributed by atoms with van der Waals surface area (Å²) in [7, 11) is -3.27. The van der Waals surface area contributed by atoms with E-state index >= 15 is 0 Å². The summed E-state index contributed by atoms with van der Waals surface area (Å²) in [5, 5.41) is 10.3. The molecular formula is C18H17N3O4S. The van der Waals surface area contributed by atoms with Crippen LogP contribution in [0.3, 0.4) is 0 Å². The molecule has 0 saturated heterocycles. The highest BCUT2D eigenvalue weighted by atomic mass is 32.2. The molecule has 7 nitrogen and oxygen atoms in total. The van der Waals surface area contributed by atoms with Crippen LogP contribution in [-0.2, 0) is 9.84 Å². The van der Waals surface area contributed by atoms with Crippen LogP contribution in [0.4, 0.5) is 6.01 Å². The number of rotatable bonds is 4. The lowest BCUT2D eigenvalue weighted by Crippen LogP contribution is -2.13. The molecule has 0 unspecified atom stereocenters. The van der Waals surface area contributed by atoms with E-state index in [-0.39, 0.29) is 22.7 Å². The van der Waals surface area contributed by atoms with E-state index in [4.69, 9.17) is 4.42 Å². The molecule has 0 aliphatic rings. The Bertz CT molecular complexity index is 1070. The van der Waals surface area contributed by atoms with Crippen LogP contribution in [0.25, 0.3) is 11.5 Å². The van der Waals surface area contributed by atoms with Gasteiger partial charge in [0.15, 0.2) is 9.84 Å². The van der Waals surface area contributed by atoms with E-state index < -0.39 is 9.84 Å². The Morgan fingerprint density at radius 3 is 2.35 bits per heavy atom. The number of amides is 1. The Balaban J connectivity index is 1.78. The largest absolute Gasteiger partial charge is 0.403 e. The molecule has 8 heteroatoms. The summed E-state index contributed by atoms with van der Waals surface area (Å²) in [6.45, 7) is 3.80. The van der Waals surface area contributed by atoms with Gasteiger partial charge in [-0.3, -0.25) is 10.1 Å². The number of nitrogens with one attached hydrogen (secondary N) is 1. The first-order valence-corrected chi connectivity index (χ1v) is 9.66. The number of hydrogen-bond acceptors (Lipinski definition) is 6. The van der Waals surface area contributed by atoms with Crippen LogP contribution < -0.4 is 5.32 Å². The molecule has 0 bridgehead atoms. The Labute approximate surface area is 151 Å². The number of carbonyl (C=O) groups excluding carboxylic acids is 1. The van der Waals surface area contributed by atoms with Gasteiger partial charge in [-0.05, 0) is 49.7 Å². The molecule has 1 heterocycles. The van der Waals surface area contributed by atoms with Crippen molar-refractivity contribution in [3.8, 4) is 11.5 Å². The molecule has 0 aliphatic carbocycles. The number of nitrogens with zero attached hydrogens (tertiary/aromatic N) is 2. The van der Waals surface area contributed by atoms with Crippen LogP contribution >= 0.6 is 0 Å². The molecule has 26 heavy (non-hydrogen) atoms. The van der Waals surface area contributed by atoms with Gasteiger partial charge >= 0.3 is 6.01 Å². The molecule has 3 aromatic rings. The van der Waals surface area contributed by atoms with Crippen molar-refractivity contribution in [1.29, 1.82) is 0 Å². The maximum absolute atomic E-state index is 12.3. The normalized spacial score (nSPS) is 11.3. The monoisotopic (exact) mass is 371 g/mol. The van der Waals surface area contributed by atoms with Gasteiger partial charge in [0.1, 0.15) is 0 Å². The minimum absolute atomic E-state index is 0.0304. The average Bonchev–Trinajstić information content (AvgIpc) is 3.02. The molecular weight excluding hydrogens is 354 g/mol. The maximum atomic E-state index is 12.3. The third-order valence-electron chi connectivity index (χ3n) is 3.80. The Hall–Kier alpha value is -3.00. The summed E-state index contributed by atoms with van der Waals surface area (Å²) < 4.78 is 28.4. The summed E-state index contributed by atoms with van der Waals surface area (Å²) in [6.07, 6.45) is 1.13. The fourth-order valence-corrected chi connectivity index (χ4v) is 3.10. The maximum Gasteiger partial charge on any atom is 0.322 e. The second-order valence-corrected chi connectivity index (χ2v) is 8.00. The van der Waals surface area contributed by atoms with E-state index in [0.29, 0.717) is 11.1 Å². The molecule has 0 saturated carbocycles. The van der Waals surface area contributed by atoms with Crippen LogP contribution in [-0.4, -0.2) is 30.8 Å². The molecule has 1 amide bonds. The highest BCUT2D eigenvalue weighted by Gasteiger charge is 2.15. The number of hydrogen-bond donors (Lipinski definition) is 1. The van der Waals surface area contributed by atoms with Crippen molar-refractivity contribution in [3.05, 3.63) is 59.2 Å². The van der Waals surface area contributed by atoms with Crippen molar-refractivity contribution < 1.29 is 17.6 Å². The summed E-state index contributed by atoms with van der Waals surface area (Å²) in [5.41, 5.74) is 2.99. The minimum Gasteiger partial charge on any atom is -0.403 e. The third-order valence-corrected chi connectivity index (χ3v) is 4.93. The second-order valence-electron chi connectivity index (χ2n) is 5.98. The van der Waals surface area contributed by atoms with Crippen molar-refractivity contribution in [2.24, 2.45) is 0 Å². The van der Waals surface area contributed by atoms with Crippen molar-refractivity contribution in [2.75, 3.05) is 11.6 Å². The fraction of sp³-hybridized carbons (Fsp3) is 0.167. The Morgan fingerprint density at radius 2 is 1.73 bits per heavy atom. The lowest BCUT2D eigenvalue weighted by molar-refractivity contribution is 0.102. The smallest absolute Gasteiger partial charge is 0.322 e. The van der Waals surface area contributed by atoms with Gasteiger partial charge in [0.05, 0.1) is 4.90 Å². The topological polar surface area (TPSA) is 102 Å². The van der Waals surface area contributed by atoms with E-state index in [1.54, 1.807) is 18.2 Å². The highest BCUT2D eigenvalue weighted by molar-refractivity contribution is 7.90. The van der Waals surface area contributed by atoms with Gasteiger partial charge < -0.3 is 4.42 Å². The lowest BCUT2D eigenvalue weighted by Gasteiger charge is -2.05.